The molecule has 0 heterocycles. The van der Waals surface area contributed by atoms with E-state index in [2.05, 4.69) is 4.72 Å². The van der Waals surface area contributed by atoms with E-state index in [-0.39, 0.29) is 11.3 Å². The van der Waals surface area contributed by atoms with Gasteiger partial charge in [-0.05, 0) is 56.0 Å². The highest BCUT2D eigenvalue weighted by atomic mass is 32.2. The first-order valence-electron chi connectivity index (χ1n) is 7.94. The number of benzene rings is 2. The van der Waals surface area contributed by atoms with Crippen LogP contribution in [-0.2, 0) is 21.2 Å². The summed E-state index contributed by atoms with van der Waals surface area (Å²) in [5, 5.41) is 20.3. The largest absolute Gasteiger partial charge is 0.548 e. The van der Waals surface area contributed by atoms with Crippen molar-refractivity contribution in [2.45, 2.75) is 38.1 Å². The molecular weight excluding hydrogens is 352 g/mol. The third-order valence-electron chi connectivity index (χ3n) is 3.98. The van der Waals surface area contributed by atoms with Crippen LogP contribution in [0.5, 0.6) is 0 Å². The van der Waals surface area contributed by atoms with Crippen molar-refractivity contribution in [2.75, 3.05) is 0 Å². The fourth-order valence-corrected chi connectivity index (χ4v) is 4.60. The number of nitrogens with zero attached hydrogens (tertiary/aromatic N) is 1. The molecule has 2 aromatic carbocycles. The zero-order valence-corrected chi connectivity index (χ0v) is 15.6. The highest BCUT2D eigenvalue weighted by Gasteiger charge is 2.24. The van der Waals surface area contributed by atoms with Crippen molar-refractivity contribution in [2.24, 2.45) is 0 Å². The first kappa shape index (κ1) is 19.6. The molecule has 0 aliphatic heterocycles. The average Bonchev–Trinajstić information content (AvgIpc) is 2.53. The van der Waals surface area contributed by atoms with Gasteiger partial charge in [-0.2, -0.15) is 5.26 Å². The van der Waals surface area contributed by atoms with Crippen LogP contribution < -0.4 is 9.83 Å². The van der Waals surface area contributed by atoms with Crippen LogP contribution in [0.2, 0.25) is 0 Å². The van der Waals surface area contributed by atoms with E-state index >= 15 is 0 Å². The number of hydrogen-bond donors (Lipinski definition) is 1. The number of sulfonamides is 1. The van der Waals surface area contributed by atoms with E-state index in [1.54, 1.807) is 50.2 Å². The summed E-state index contributed by atoms with van der Waals surface area (Å²) < 4.78 is 27.7. The number of carboxylic acids is 1. The Bertz CT molecular complexity index is 951. The second kappa shape index (κ2) is 7.68. The standard InChI is InChI=1S/C19H20N2O4S/c1-12-8-13(2)18(14(3)9-12)26(24,25)21-17(19(22)23)10-15-4-6-16(11-20)7-5-15/h4-9,17,21H,10H2,1-3H3,(H,22,23)/p-1/t17-/m0/s1. The number of carbonyl (C=O) groups is 1. The Balaban J connectivity index is 2.31. The van der Waals surface area contributed by atoms with Crippen molar-refractivity contribution in [3.05, 3.63) is 64.2 Å². The zero-order valence-electron chi connectivity index (χ0n) is 14.7. The Morgan fingerprint density at radius 1 is 1.15 bits per heavy atom. The molecule has 0 aliphatic rings. The van der Waals surface area contributed by atoms with Crippen molar-refractivity contribution in [1.82, 2.24) is 4.72 Å². The summed E-state index contributed by atoms with van der Waals surface area (Å²) in [6, 6.07) is 10.3. The number of aliphatic carboxylic acids is 1. The highest BCUT2D eigenvalue weighted by Crippen LogP contribution is 2.22. The number of carbonyl (C=O) groups excluding carboxylic acids is 1. The van der Waals surface area contributed by atoms with Gasteiger partial charge in [-0.3, -0.25) is 0 Å². The van der Waals surface area contributed by atoms with Crippen LogP contribution in [0.3, 0.4) is 0 Å². The van der Waals surface area contributed by atoms with Gasteiger partial charge in [0, 0.05) is 0 Å². The molecule has 0 spiro atoms. The van der Waals surface area contributed by atoms with E-state index in [1.165, 1.54) is 0 Å². The van der Waals surface area contributed by atoms with Crippen LogP contribution in [-0.4, -0.2) is 20.4 Å². The van der Waals surface area contributed by atoms with E-state index in [4.69, 9.17) is 5.26 Å². The normalized spacial score (nSPS) is 12.4. The fourth-order valence-electron chi connectivity index (χ4n) is 2.96. The summed E-state index contributed by atoms with van der Waals surface area (Å²) in [5.41, 5.74) is 3.03. The molecule has 0 fully saturated rings. The Morgan fingerprint density at radius 3 is 2.15 bits per heavy atom. The van der Waals surface area contributed by atoms with Crippen molar-refractivity contribution in [3.8, 4) is 6.07 Å². The number of carboxylic acid groups (broad SMARTS) is 1. The molecule has 6 nitrogen and oxygen atoms in total. The smallest absolute Gasteiger partial charge is 0.241 e. The minimum absolute atomic E-state index is 0.0779. The second-order valence-electron chi connectivity index (χ2n) is 6.23. The second-order valence-corrected chi connectivity index (χ2v) is 7.88. The lowest BCUT2D eigenvalue weighted by atomic mass is 10.1. The maximum Gasteiger partial charge on any atom is 0.241 e. The first-order chi connectivity index (χ1) is 12.1. The summed E-state index contributed by atoms with van der Waals surface area (Å²) >= 11 is 0. The van der Waals surface area contributed by atoms with Gasteiger partial charge < -0.3 is 9.90 Å². The molecule has 0 radical (unpaired) electrons. The van der Waals surface area contributed by atoms with Gasteiger partial charge in [0.15, 0.2) is 0 Å². The highest BCUT2D eigenvalue weighted by molar-refractivity contribution is 7.89. The van der Waals surface area contributed by atoms with Gasteiger partial charge in [-0.1, -0.05) is 29.8 Å². The molecule has 0 bridgehead atoms. The third-order valence-corrected chi connectivity index (χ3v) is 5.75. The zero-order chi connectivity index (χ0) is 19.5. The van der Waals surface area contributed by atoms with Crippen LogP contribution in [0.4, 0.5) is 0 Å². The van der Waals surface area contributed by atoms with E-state index in [0.717, 1.165) is 5.56 Å². The maximum atomic E-state index is 12.7. The lowest BCUT2D eigenvalue weighted by Crippen LogP contribution is -2.49. The Labute approximate surface area is 153 Å². The number of hydrogen-bond acceptors (Lipinski definition) is 5. The molecule has 0 unspecified atom stereocenters. The summed E-state index contributed by atoms with van der Waals surface area (Å²) in [7, 11) is -4.04. The monoisotopic (exact) mass is 371 g/mol. The first-order valence-corrected chi connectivity index (χ1v) is 9.42. The van der Waals surface area contributed by atoms with Crippen molar-refractivity contribution in [1.29, 1.82) is 5.26 Å². The predicted molar refractivity (Wildman–Crippen MR) is 94.6 cm³/mol. The summed E-state index contributed by atoms with van der Waals surface area (Å²) in [4.78, 5) is 11.5. The molecular formula is C19H19N2O4S-. The minimum atomic E-state index is -4.04. The molecule has 26 heavy (non-hydrogen) atoms. The molecule has 1 atom stereocenters. The van der Waals surface area contributed by atoms with Crippen LogP contribution >= 0.6 is 0 Å². The van der Waals surface area contributed by atoms with E-state index in [1.807, 2.05) is 13.0 Å². The number of rotatable bonds is 6. The van der Waals surface area contributed by atoms with Crippen molar-refractivity contribution in [3.63, 3.8) is 0 Å². The molecule has 0 amide bonds. The van der Waals surface area contributed by atoms with Gasteiger partial charge >= 0.3 is 0 Å². The van der Waals surface area contributed by atoms with Gasteiger partial charge in [-0.15, -0.1) is 0 Å². The lowest BCUT2D eigenvalue weighted by Gasteiger charge is -2.21. The maximum absolute atomic E-state index is 12.7. The van der Waals surface area contributed by atoms with Crippen LogP contribution in [0.25, 0.3) is 0 Å². The molecule has 0 aliphatic carbocycles. The molecule has 0 saturated heterocycles. The summed E-state index contributed by atoms with van der Waals surface area (Å²) in [5.74, 6) is -1.51. The molecule has 0 aromatic heterocycles. The SMILES string of the molecule is Cc1cc(C)c(S(=O)(=O)N[C@@H](Cc2ccc(C#N)cc2)C(=O)[O-])c(C)c1. The molecule has 2 aromatic rings. The van der Waals surface area contributed by atoms with Gasteiger partial charge in [0.05, 0.1) is 28.5 Å². The van der Waals surface area contributed by atoms with E-state index in [9.17, 15) is 18.3 Å². The Kier molecular flexibility index (Phi) is 5.80. The van der Waals surface area contributed by atoms with Gasteiger partial charge in [0.2, 0.25) is 10.0 Å². The molecule has 1 N–H and O–H groups in total. The third kappa shape index (κ3) is 4.48. The Hall–Kier alpha value is -2.69. The number of nitrogens with one attached hydrogen (secondary N) is 1. The fraction of sp³-hybridized carbons (Fsp3) is 0.263. The quantitative estimate of drug-likeness (QED) is 0.818. The van der Waals surface area contributed by atoms with Crippen LogP contribution in [0.1, 0.15) is 27.8 Å². The molecule has 7 heteroatoms. The topological polar surface area (TPSA) is 110 Å². The van der Waals surface area contributed by atoms with E-state index < -0.39 is 22.0 Å². The lowest BCUT2D eigenvalue weighted by molar-refractivity contribution is -0.307. The van der Waals surface area contributed by atoms with Gasteiger partial charge in [-0.25, -0.2) is 13.1 Å². The number of aryl methyl sites for hydroxylation is 3. The average molecular weight is 371 g/mol. The molecule has 2 rings (SSSR count). The molecule has 0 saturated carbocycles. The van der Waals surface area contributed by atoms with Gasteiger partial charge in [0.1, 0.15) is 0 Å². The van der Waals surface area contributed by atoms with Crippen molar-refractivity contribution >= 4 is 16.0 Å². The molecule has 136 valence electrons. The number of nitriles is 1. The van der Waals surface area contributed by atoms with E-state index in [0.29, 0.717) is 22.3 Å². The van der Waals surface area contributed by atoms with Crippen LogP contribution in [0.15, 0.2) is 41.3 Å². The Morgan fingerprint density at radius 2 is 1.69 bits per heavy atom. The summed E-state index contributed by atoms with van der Waals surface area (Å²) in [6.07, 6.45) is -0.0861. The van der Waals surface area contributed by atoms with Gasteiger partial charge in [0.25, 0.3) is 0 Å². The van der Waals surface area contributed by atoms with Crippen molar-refractivity contribution < 1.29 is 18.3 Å². The minimum Gasteiger partial charge on any atom is -0.548 e. The summed E-state index contributed by atoms with van der Waals surface area (Å²) in [6.45, 7) is 5.20. The van der Waals surface area contributed by atoms with Crippen LogP contribution in [0, 0.1) is 32.1 Å². The predicted octanol–water partition coefficient (Wildman–Crippen LogP) is 1.12.